The minimum absolute atomic E-state index is 0.0687. The van der Waals surface area contributed by atoms with Gasteiger partial charge in [-0.25, -0.2) is 9.97 Å². The number of primary amides is 1. The summed E-state index contributed by atoms with van der Waals surface area (Å²) in [4.78, 5) is 34.7. The van der Waals surface area contributed by atoms with E-state index in [2.05, 4.69) is 9.97 Å². The predicted octanol–water partition coefficient (Wildman–Crippen LogP) is 1.84. The number of hydrogen-bond donors (Lipinski definition) is 1. The maximum absolute atomic E-state index is 12.7. The SMILES string of the molecule is COc1ccc(CC(=O)N2CCC[C@H](c3ncc(C(N)=O)c(C)n3)C2)cc1. The molecular formula is C20H24N4O3. The first-order valence-electron chi connectivity index (χ1n) is 9.02. The Kier molecular flexibility index (Phi) is 5.69. The zero-order chi connectivity index (χ0) is 19.4. The normalized spacial score (nSPS) is 16.8. The van der Waals surface area contributed by atoms with E-state index in [9.17, 15) is 9.59 Å². The minimum Gasteiger partial charge on any atom is -0.497 e. The van der Waals surface area contributed by atoms with Gasteiger partial charge in [0.25, 0.3) is 5.91 Å². The van der Waals surface area contributed by atoms with Crippen LogP contribution >= 0.6 is 0 Å². The van der Waals surface area contributed by atoms with Crippen LogP contribution in [0.4, 0.5) is 0 Å². The Hall–Kier alpha value is -2.96. The molecule has 142 valence electrons. The van der Waals surface area contributed by atoms with Crippen molar-refractivity contribution in [3.8, 4) is 5.75 Å². The van der Waals surface area contributed by atoms with Gasteiger partial charge in [-0.05, 0) is 37.5 Å². The number of likely N-dealkylation sites (tertiary alicyclic amines) is 1. The Balaban J connectivity index is 1.67. The van der Waals surface area contributed by atoms with E-state index in [-0.39, 0.29) is 11.8 Å². The van der Waals surface area contributed by atoms with Crippen molar-refractivity contribution in [2.24, 2.45) is 5.73 Å². The van der Waals surface area contributed by atoms with Crippen molar-refractivity contribution in [1.29, 1.82) is 0 Å². The molecule has 1 aliphatic rings. The van der Waals surface area contributed by atoms with Gasteiger partial charge in [0, 0.05) is 25.2 Å². The number of benzene rings is 1. The van der Waals surface area contributed by atoms with Crippen molar-refractivity contribution in [3.63, 3.8) is 0 Å². The summed E-state index contributed by atoms with van der Waals surface area (Å²) in [5.74, 6) is 1.07. The second-order valence-electron chi connectivity index (χ2n) is 6.80. The smallest absolute Gasteiger partial charge is 0.252 e. The van der Waals surface area contributed by atoms with E-state index < -0.39 is 5.91 Å². The molecule has 0 saturated carbocycles. The summed E-state index contributed by atoms with van der Waals surface area (Å²) in [6.07, 6.45) is 3.66. The van der Waals surface area contributed by atoms with Gasteiger partial charge in [0.2, 0.25) is 5.91 Å². The predicted molar refractivity (Wildman–Crippen MR) is 101 cm³/mol. The van der Waals surface area contributed by atoms with Crippen LogP contribution in [0.5, 0.6) is 5.75 Å². The highest BCUT2D eigenvalue weighted by atomic mass is 16.5. The van der Waals surface area contributed by atoms with Gasteiger partial charge in [-0.3, -0.25) is 9.59 Å². The van der Waals surface area contributed by atoms with Crippen LogP contribution in [0.25, 0.3) is 0 Å². The monoisotopic (exact) mass is 368 g/mol. The van der Waals surface area contributed by atoms with Gasteiger partial charge in [0.1, 0.15) is 11.6 Å². The summed E-state index contributed by atoms with van der Waals surface area (Å²) in [7, 11) is 1.62. The molecule has 0 spiro atoms. The first-order valence-corrected chi connectivity index (χ1v) is 9.02. The summed E-state index contributed by atoms with van der Waals surface area (Å²) >= 11 is 0. The van der Waals surface area contributed by atoms with Crippen molar-refractivity contribution < 1.29 is 14.3 Å². The molecule has 27 heavy (non-hydrogen) atoms. The third-order valence-electron chi connectivity index (χ3n) is 4.92. The maximum Gasteiger partial charge on any atom is 0.252 e. The van der Waals surface area contributed by atoms with E-state index in [4.69, 9.17) is 10.5 Å². The topological polar surface area (TPSA) is 98.4 Å². The minimum atomic E-state index is -0.529. The lowest BCUT2D eigenvalue weighted by molar-refractivity contribution is -0.131. The lowest BCUT2D eigenvalue weighted by Crippen LogP contribution is -2.40. The quantitative estimate of drug-likeness (QED) is 0.868. The average Bonchev–Trinajstić information content (AvgIpc) is 2.68. The number of aromatic nitrogens is 2. The first-order chi connectivity index (χ1) is 13.0. The highest BCUT2D eigenvalue weighted by Crippen LogP contribution is 2.25. The molecule has 3 rings (SSSR count). The molecule has 0 bridgehead atoms. The molecule has 7 nitrogen and oxygen atoms in total. The van der Waals surface area contributed by atoms with Crippen molar-refractivity contribution in [2.75, 3.05) is 20.2 Å². The lowest BCUT2D eigenvalue weighted by atomic mass is 9.96. The molecule has 0 radical (unpaired) electrons. The van der Waals surface area contributed by atoms with Crippen LogP contribution in [0, 0.1) is 6.92 Å². The molecule has 0 unspecified atom stereocenters. The number of hydrogen-bond acceptors (Lipinski definition) is 5. The Morgan fingerprint density at radius 3 is 2.67 bits per heavy atom. The maximum atomic E-state index is 12.7. The molecule has 2 aromatic rings. The van der Waals surface area contributed by atoms with Crippen molar-refractivity contribution >= 4 is 11.8 Å². The number of nitrogens with two attached hydrogens (primary N) is 1. The second kappa shape index (κ2) is 8.16. The molecule has 2 amide bonds. The van der Waals surface area contributed by atoms with E-state index in [1.807, 2.05) is 29.2 Å². The first kappa shape index (κ1) is 18.8. The summed E-state index contributed by atoms with van der Waals surface area (Å²) in [6, 6.07) is 7.54. The van der Waals surface area contributed by atoms with Gasteiger partial charge < -0.3 is 15.4 Å². The third-order valence-corrected chi connectivity index (χ3v) is 4.92. The number of carbonyl (C=O) groups excluding carboxylic acids is 2. The molecule has 2 N–H and O–H groups in total. The van der Waals surface area contributed by atoms with E-state index in [1.165, 1.54) is 6.20 Å². The number of aryl methyl sites for hydroxylation is 1. The Morgan fingerprint density at radius 2 is 2.04 bits per heavy atom. The molecule has 7 heteroatoms. The van der Waals surface area contributed by atoms with Crippen LogP contribution in [0.1, 0.15) is 46.2 Å². The average molecular weight is 368 g/mol. The second-order valence-corrected chi connectivity index (χ2v) is 6.80. The molecule has 2 heterocycles. The zero-order valence-electron chi connectivity index (χ0n) is 15.6. The fourth-order valence-corrected chi connectivity index (χ4v) is 3.37. The molecule has 1 aliphatic heterocycles. The molecule has 1 aromatic carbocycles. The highest BCUT2D eigenvalue weighted by Gasteiger charge is 2.27. The summed E-state index contributed by atoms with van der Waals surface area (Å²) in [5.41, 5.74) is 7.19. The number of nitrogens with zero attached hydrogens (tertiary/aromatic N) is 3. The Bertz CT molecular complexity index is 836. The van der Waals surface area contributed by atoms with Crippen LogP contribution in [0.15, 0.2) is 30.5 Å². The van der Waals surface area contributed by atoms with Crippen molar-refractivity contribution in [2.45, 2.75) is 32.1 Å². The zero-order valence-corrected chi connectivity index (χ0v) is 15.6. The third kappa shape index (κ3) is 4.42. The van der Waals surface area contributed by atoms with Gasteiger partial charge in [0.15, 0.2) is 0 Å². The van der Waals surface area contributed by atoms with Crippen molar-refractivity contribution in [1.82, 2.24) is 14.9 Å². The van der Waals surface area contributed by atoms with Gasteiger partial charge >= 0.3 is 0 Å². The number of ether oxygens (including phenoxy) is 1. The molecule has 1 fully saturated rings. The summed E-state index contributed by atoms with van der Waals surface area (Å²) in [5, 5.41) is 0. The fourth-order valence-electron chi connectivity index (χ4n) is 3.37. The molecule has 0 aliphatic carbocycles. The molecule has 1 atom stereocenters. The largest absolute Gasteiger partial charge is 0.497 e. The van der Waals surface area contributed by atoms with Crippen LogP contribution in [-0.4, -0.2) is 46.9 Å². The highest BCUT2D eigenvalue weighted by molar-refractivity contribution is 5.93. The molecule has 1 aromatic heterocycles. The number of carbonyl (C=O) groups is 2. The van der Waals surface area contributed by atoms with E-state index in [1.54, 1.807) is 14.0 Å². The number of amides is 2. The van der Waals surface area contributed by atoms with Gasteiger partial charge in [-0.2, -0.15) is 0 Å². The van der Waals surface area contributed by atoms with Gasteiger partial charge in [-0.15, -0.1) is 0 Å². The number of piperidine rings is 1. The molecule has 1 saturated heterocycles. The van der Waals surface area contributed by atoms with Crippen LogP contribution in [-0.2, 0) is 11.2 Å². The van der Waals surface area contributed by atoms with Crippen LogP contribution < -0.4 is 10.5 Å². The summed E-state index contributed by atoms with van der Waals surface area (Å²) < 4.78 is 5.15. The number of rotatable bonds is 5. The Morgan fingerprint density at radius 1 is 1.30 bits per heavy atom. The Labute approximate surface area is 158 Å². The molecular weight excluding hydrogens is 344 g/mol. The standard InChI is InChI=1S/C20H24N4O3/c1-13-17(19(21)26)11-22-20(23-13)15-4-3-9-24(12-15)18(25)10-14-5-7-16(27-2)8-6-14/h5-8,11,15H,3-4,9-10,12H2,1-2H3,(H2,21,26)/t15-/m0/s1. The fraction of sp³-hybridized carbons (Fsp3) is 0.400. The van der Waals surface area contributed by atoms with Gasteiger partial charge in [0.05, 0.1) is 24.8 Å². The van der Waals surface area contributed by atoms with E-state index in [0.29, 0.717) is 30.0 Å². The van der Waals surface area contributed by atoms with Crippen LogP contribution in [0.3, 0.4) is 0 Å². The number of methoxy groups -OCH3 is 1. The lowest BCUT2D eigenvalue weighted by Gasteiger charge is -2.32. The van der Waals surface area contributed by atoms with Crippen LogP contribution in [0.2, 0.25) is 0 Å². The summed E-state index contributed by atoms with van der Waals surface area (Å²) in [6.45, 7) is 3.08. The van der Waals surface area contributed by atoms with Gasteiger partial charge in [-0.1, -0.05) is 12.1 Å². The van der Waals surface area contributed by atoms with E-state index >= 15 is 0 Å². The van der Waals surface area contributed by atoms with Crippen molar-refractivity contribution in [3.05, 3.63) is 53.1 Å². The van der Waals surface area contributed by atoms with E-state index in [0.717, 1.165) is 30.7 Å².